The molecule has 0 bridgehead atoms. The average molecular weight is 487 g/mol. The van der Waals surface area contributed by atoms with E-state index in [4.69, 9.17) is 0 Å². The van der Waals surface area contributed by atoms with Crippen molar-refractivity contribution in [1.29, 1.82) is 0 Å². The molecule has 0 spiro atoms. The van der Waals surface area contributed by atoms with Crippen LogP contribution in [0.25, 0.3) is 5.69 Å². The van der Waals surface area contributed by atoms with Crippen LogP contribution in [0.15, 0.2) is 96.4 Å². The Bertz CT molecular complexity index is 1460. The molecular weight excluding hydrogens is 460 g/mol. The van der Waals surface area contributed by atoms with Crippen molar-refractivity contribution >= 4 is 21.6 Å². The third-order valence-corrected chi connectivity index (χ3v) is 8.27. The number of fused-ring (bicyclic) bond motifs is 1. The summed E-state index contributed by atoms with van der Waals surface area (Å²) in [5.41, 5.74) is 3.91. The van der Waals surface area contributed by atoms with Gasteiger partial charge in [-0.3, -0.25) is 9.10 Å². The minimum absolute atomic E-state index is 0.103. The Kier molecular flexibility index (Phi) is 5.90. The SMILES string of the molecule is C[C@H](NC(=O)c1cccc(S(=O)(=O)N2c3ccccc3C[C@H]2C)c1)c1ccc(-n2ccnc2)cc1. The summed E-state index contributed by atoms with van der Waals surface area (Å²) in [5, 5.41) is 2.97. The molecular formula is C27H26N4O3S. The number of hydrogen-bond acceptors (Lipinski definition) is 4. The highest BCUT2D eigenvalue weighted by atomic mass is 32.2. The quantitative estimate of drug-likeness (QED) is 0.435. The lowest BCUT2D eigenvalue weighted by molar-refractivity contribution is 0.0939. The molecule has 1 amide bonds. The first-order valence-electron chi connectivity index (χ1n) is 11.5. The maximum absolute atomic E-state index is 13.5. The molecule has 0 fully saturated rings. The van der Waals surface area contributed by atoms with Gasteiger partial charge in [0.1, 0.15) is 0 Å². The Hall–Kier alpha value is -3.91. The average Bonchev–Trinajstić information content (AvgIpc) is 3.52. The van der Waals surface area contributed by atoms with Crippen LogP contribution in [0, 0.1) is 0 Å². The number of hydrogen-bond donors (Lipinski definition) is 1. The van der Waals surface area contributed by atoms with Crippen molar-refractivity contribution < 1.29 is 13.2 Å². The van der Waals surface area contributed by atoms with Gasteiger partial charge in [-0.25, -0.2) is 13.4 Å². The molecule has 0 radical (unpaired) electrons. The lowest BCUT2D eigenvalue weighted by atomic mass is 10.1. The largest absolute Gasteiger partial charge is 0.346 e. The summed E-state index contributed by atoms with van der Waals surface area (Å²) in [5.74, 6) is -0.330. The summed E-state index contributed by atoms with van der Waals surface area (Å²) in [6.45, 7) is 3.79. The number of imidazole rings is 1. The number of nitrogens with one attached hydrogen (secondary N) is 1. The van der Waals surface area contributed by atoms with Crippen LogP contribution in [-0.4, -0.2) is 29.9 Å². The fourth-order valence-corrected chi connectivity index (χ4v) is 6.26. The fourth-order valence-electron chi connectivity index (χ4n) is 4.53. The monoisotopic (exact) mass is 486 g/mol. The smallest absolute Gasteiger partial charge is 0.264 e. The van der Waals surface area contributed by atoms with Crippen molar-refractivity contribution in [1.82, 2.24) is 14.9 Å². The van der Waals surface area contributed by atoms with Gasteiger partial charge in [-0.1, -0.05) is 36.4 Å². The molecule has 178 valence electrons. The molecule has 35 heavy (non-hydrogen) atoms. The number of para-hydroxylation sites is 1. The molecule has 2 atom stereocenters. The van der Waals surface area contributed by atoms with Crippen molar-refractivity contribution in [2.45, 2.75) is 37.2 Å². The molecule has 1 N–H and O–H groups in total. The zero-order valence-corrected chi connectivity index (χ0v) is 20.3. The molecule has 7 nitrogen and oxygen atoms in total. The summed E-state index contributed by atoms with van der Waals surface area (Å²) < 4.78 is 30.4. The van der Waals surface area contributed by atoms with Gasteiger partial charge in [0.25, 0.3) is 15.9 Å². The van der Waals surface area contributed by atoms with E-state index in [1.165, 1.54) is 16.4 Å². The van der Waals surface area contributed by atoms with E-state index >= 15 is 0 Å². The Morgan fingerprint density at radius 2 is 1.83 bits per heavy atom. The predicted molar refractivity (Wildman–Crippen MR) is 135 cm³/mol. The van der Waals surface area contributed by atoms with Gasteiger partial charge in [0.15, 0.2) is 0 Å². The molecule has 0 aliphatic carbocycles. The lowest BCUT2D eigenvalue weighted by Gasteiger charge is -2.24. The molecule has 2 heterocycles. The molecule has 8 heteroatoms. The number of carbonyl (C=O) groups is 1. The maximum Gasteiger partial charge on any atom is 0.264 e. The Balaban J connectivity index is 1.34. The lowest BCUT2D eigenvalue weighted by Crippen LogP contribution is -2.36. The van der Waals surface area contributed by atoms with E-state index in [0.717, 1.165) is 16.8 Å². The molecule has 1 aromatic heterocycles. The summed E-state index contributed by atoms with van der Waals surface area (Å²) >= 11 is 0. The second-order valence-corrected chi connectivity index (χ2v) is 10.6. The van der Waals surface area contributed by atoms with E-state index in [1.807, 2.05) is 73.1 Å². The van der Waals surface area contributed by atoms with Gasteiger partial charge in [-0.2, -0.15) is 0 Å². The molecule has 1 aliphatic rings. The maximum atomic E-state index is 13.5. The van der Waals surface area contributed by atoms with Crippen LogP contribution >= 0.6 is 0 Å². The van der Waals surface area contributed by atoms with Gasteiger partial charge >= 0.3 is 0 Å². The van der Waals surface area contributed by atoms with Crippen molar-refractivity contribution in [2.24, 2.45) is 0 Å². The number of anilines is 1. The standard InChI is InChI=1S/C27H26N4O3S/c1-19-16-22-6-3-4-9-26(22)31(19)35(33,34)25-8-5-7-23(17-25)27(32)29-20(2)21-10-12-24(13-11-21)30-15-14-28-18-30/h3-15,17-20H,16H2,1-2H3,(H,29,32)/t19-,20+/m1/s1. The number of carbonyl (C=O) groups excluding carboxylic acids is 1. The molecule has 0 saturated heterocycles. The summed E-state index contributed by atoms with van der Waals surface area (Å²) in [4.78, 5) is 17.2. The molecule has 4 aromatic rings. The van der Waals surface area contributed by atoms with Crippen LogP contribution in [0.4, 0.5) is 5.69 Å². The van der Waals surface area contributed by atoms with E-state index in [-0.39, 0.29) is 22.9 Å². The van der Waals surface area contributed by atoms with Crippen molar-refractivity contribution in [3.8, 4) is 5.69 Å². The van der Waals surface area contributed by atoms with E-state index < -0.39 is 10.0 Å². The van der Waals surface area contributed by atoms with E-state index in [1.54, 1.807) is 24.7 Å². The van der Waals surface area contributed by atoms with Gasteiger partial charge < -0.3 is 9.88 Å². The molecule has 0 unspecified atom stereocenters. The van der Waals surface area contributed by atoms with Gasteiger partial charge in [0.05, 0.1) is 23.0 Å². The van der Waals surface area contributed by atoms with E-state index in [9.17, 15) is 13.2 Å². The topological polar surface area (TPSA) is 84.3 Å². The van der Waals surface area contributed by atoms with Gasteiger partial charge in [-0.15, -0.1) is 0 Å². The van der Waals surface area contributed by atoms with Crippen LogP contribution in [0.1, 0.15) is 41.4 Å². The Morgan fingerprint density at radius 1 is 1.06 bits per heavy atom. The predicted octanol–water partition coefficient (Wildman–Crippen LogP) is 4.50. The molecule has 3 aromatic carbocycles. The summed E-state index contributed by atoms with van der Waals surface area (Å²) in [6.07, 6.45) is 5.96. The van der Waals surface area contributed by atoms with Crippen LogP contribution in [0.2, 0.25) is 0 Å². The highest BCUT2D eigenvalue weighted by Crippen LogP contribution is 2.36. The first kappa shape index (κ1) is 22.9. The van der Waals surface area contributed by atoms with Crippen LogP contribution in [0.3, 0.4) is 0 Å². The second-order valence-electron chi connectivity index (χ2n) is 8.77. The van der Waals surface area contributed by atoms with Gasteiger partial charge in [-0.05, 0) is 67.8 Å². The minimum atomic E-state index is -3.82. The third-order valence-electron chi connectivity index (χ3n) is 6.34. The molecule has 0 saturated carbocycles. The van der Waals surface area contributed by atoms with Crippen molar-refractivity contribution in [3.63, 3.8) is 0 Å². The third kappa shape index (κ3) is 4.33. The number of nitrogens with zero attached hydrogens (tertiary/aromatic N) is 3. The number of amides is 1. The highest BCUT2D eigenvalue weighted by Gasteiger charge is 2.36. The van der Waals surface area contributed by atoms with E-state index in [0.29, 0.717) is 17.7 Å². The summed E-state index contributed by atoms with van der Waals surface area (Å²) in [6, 6.07) is 21.1. The zero-order valence-electron chi connectivity index (χ0n) is 19.5. The van der Waals surface area contributed by atoms with Gasteiger partial charge in [0.2, 0.25) is 0 Å². The van der Waals surface area contributed by atoms with Crippen LogP contribution in [-0.2, 0) is 16.4 Å². The highest BCUT2D eigenvalue weighted by molar-refractivity contribution is 7.92. The first-order valence-corrected chi connectivity index (χ1v) is 12.9. The van der Waals surface area contributed by atoms with Crippen LogP contribution in [0.5, 0.6) is 0 Å². The second kappa shape index (κ2) is 9.03. The van der Waals surface area contributed by atoms with Crippen LogP contribution < -0.4 is 9.62 Å². The fraction of sp³-hybridized carbons (Fsp3) is 0.185. The number of aromatic nitrogens is 2. The van der Waals surface area contributed by atoms with E-state index in [2.05, 4.69) is 10.3 Å². The molecule has 1 aliphatic heterocycles. The minimum Gasteiger partial charge on any atom is -0.346 e. The molecule has 5 rings (SSSR count). The van der Waals surface area contributed by atoms with Gasteiger partial charge in [0, 0.05) is 29.7 Å². The Labute approximate surface area is 205 Å². The number of rotatable bonds is 6. The zero-order chi connectivity index (χ0) is 24.6. The van der Waals surface area contributed by atoms with Crippen molar-refractivity contribution in [3.05, 3.63) is 108 Å². The summed E-state index contributed by atoms with van der Waals surface area (Å²) in [7, 11) is -3.82. The van der Waals surface area contributed by atoms with Crippen molar-refractivity contribution in [2.75, 3.05) is 4.31 Å². The number of sulfonamides is 1. The first-order chi connectivity index (χ1) is 16.8. The normalized spacial score (nSPS) is 16.1. The Morgan fingerprint density at radius 3 is 2.57 bits per heavy atom. The number of benzene rings is 3.